The van der Waals surface area contributed by atoms with Gasteiger partial charge in [0.15, 0.2) is 5.82 Å². The average molecular weight is 310 g/mol. The van der Waals surface area contributed by atoms with E-state index in [1.54, 1.807) is 0 Å². The molecule has 2 rings (SSSR count). The molecule has 1 unspecified atom stereocenters. The van der Waals surface area contributed by atoms with Crippen molar-refractivity contribution in [2.75, 3.05) is 0 Å². The largest absolute Gasteiger partial charge is 0.334 e. The molecule has 0 aliphatic rings. The van der Waals surface area contributed by atoms with Crippen LogP contribution in [0, 0.1) is 12.8 Å². The number of aryl methyl sites for hydroxylation is 1. The summed E-state index contributed by atoms with van der Waals surface area (Å²) in [7, 11) is 0. The highest BCUT2D eigenvalue weighted by Gasteiger charge is 2.19. The summed E-state index contributed by atoms with van der Waals surface area (Å²) in [6.07, 6.45) is 0. The molecule has 0 amide bonds. The molecule has 0 radical (unpaired) electrons. The minimum atomic E-state index is -0.203. The highest BCUT2D eigenvalue weighted by Crippen LogP contribution is 2.29. The van der Waals surface area contributed by atoms with Crippen molar-refractivity contribution in [2.45, 2.75) is 26.8 Å². The van der Waals surface area contributed by atoms with Crippen LogP contribution >= 0.6 is 15.9 Å². The first kappa shape index (κ1) is 13.2. The van der Waals surface area contributed by atoms with Crippen molar-refractivity contribution in [3.8, 4) is 11.5 Å². The predicted octanol–water partition coefficient (Wildman–Crippen LogP) is 3.46. The van der Waals surface area contributed by atoms with Crippen LogP contribution in [0.3, 0.4) is 0 Å². The summed E-state index contributed by atoms with van der Waals surface area (Å²) in [6.45, 7) is 6.08. The lowest BCUT2D eigenvalue weighted by molar-refractivity contribution is 0.400. The SMILES string of the molecule is Cc1ccc(Br)c(-c2nc(C(N)C(C)C)no2)c1. The Hall–Kier alpha value is -1.20. The molecule has 1 atom stereocenters. The Balaban J connectivity index is 2.38. The Labute approximate surface area is 115 Å². The van der Waals surface area contributed by atoms with Gasteiger partial charge in [0.1, 0.15) is 0 Å². The van der Waals surface area contributed by atoms with Crippen LogP contribution in [0.15, 0.2) is 27.2 Å². The molecule has 1 aromatic carbocycles. The molecule has 0 aliphatic heterocycles. The van der Waals surface area contributed by atoms with E-state index < -0.39 is 0 Å². The Morgan fingerprint density at radius 2 is 2.06 bits per heavy atom. The summed E-state index contributed by atoms with van der Waals surface area (Å²) in [5.41, 5.74) is 8.03. The molecule has 96 valence electrons. The van der Waals surface area contributed by atoms with Crippen LogP contribution in [0.4, 0.5) is 0 Å². The highest BCUT2D eigenvalue weighted by molar-refractivity contribution is 9.10. The molecular weight excluding hydrogens is 294 g/mol. The number of hydrogen-bond donors (Lipinski definition) is 1. The molecule has 2 aromatic rings. The molecule has 2 N–H and O–H groups in total. The second-order valence-electron chi connectivity index (χ2n) is 4.71. The number of nitrogens with zero attached hydrogens (tertiary/aromatic N) is 2. The first-order chi connectivity index (χ1) is 8.49. The van der Waals surface area contributed by atoms with Crippen molar-refractivity contribution in [3.05, 3.63) is 34.1 Å². The molecule has 0 saturated heterocycles. The summed E-state index contributed by atoms with van der Waals surface area (Å²) in [6, 6.07) is 5.79. The number of benzene rings is 1. The van der Waals surface area contributed by atoms with Crippen LogP contribution in [-0.2, 0) is 0 Å². The maximum Gasteiger partial charge on any atom is 0.259 e. The summed E-state index contributed by atoms with van der Waals surface area (Å²) in [4.78, 5) is 4.37. The fourth-order valence-corrected chi connectivity index (χ4v) is 2.00. The van der Waals surface area contributed by atoms with Crippen LogP contribution in [0.25, 0.3) is 11.5 Å². The third-order valence-corrected chi connectivity index (χ3v) is 3.50. The fourth-order valence-electron chi connectivity index (χ4n) is 1.58. The molecule has 0 bridgehead atoms. The van der Waals surface area contributed by atoms with Crippen molar-refractivity contribution in [2.24, 2.45) is 11.7 Å². The Morgan fingerprint density at radius 1 is 1.33 bits per heavy atom. The maximum atomic E-state index is 6.00. The van der Waals surface area contributed by atoms with Gasteiger partial charge in [-0.3, -0.25) is 0 Å². The monoisotopic (exact) mass is 309 g/mol. The topological polar surface area (TPSA) is 64.9 Å². The molecular formula is C13H16BrN3O. The number of nitrogens with two attached hydrogens (primary N) is 1. The number of aromatic nitrogens is 2. The lowest BCUT2D eigenvalue weighted by atomic mass is 10.1. The van der Waals surface area contributed by atoms with E-state index in [9.17, 15) is 0 Å². The van der Waals surface area contributed by atoms with Gasteiger partial charge < -0.3 is 10.3 Å². The van der Waals surface area contributed by atoms with Gasteiger partial charge in [0, 0.05) is 4.47 Å². The van der Waals surface area contributed by atoms with Crippen molar-refractivity contribution in [3.63, 3.8) is 0 Å². The Morgan fingerprint density at radius 3 is 2.72 bits per heavy atom. The van der Waals surface area contributed by atoms with Gasteiger partial charge in [-0.2, -0.15) is 4.98 Å². The summed E-state index contributed by atoms with van der Waals surface area (Å²) in [5.74, 6) is 1.32. The van der Waals surface area contributed by atoms with E-state index >= 15 is 0 Å². The fraction of sp³-hybridized carbons (Fsp3) is 0.385. The Bertz CT molecular complexity index is 551. The zero-order valence-corrected chi connectivity index (χ0v) is 12.2. The number of rotatable bonds is 3. The first-order valence-corrected chi connectivity index (χ1v) is 6.64. The molecule has 0 fully saturated rings. The molecule has 5 heteroatoms. The van der Waals surface area contributed by atoms with Crippen LogP contribution in [-0.4, -0.2) is 10.1 Å². The zero-order valence-electron chi connectivity index (χ0n) is 10.6. The maximum absolute atomic E-state index is 6.00. The molecule has 0 spiro atoms. The van der Waals surface area contributed by atoms with Crippen LogP contribution in [0.2, 0.25) is 0 Å². The standard InChI is InChI=1S/C13H16BrN3O/c1-7(2)11(15)12-16-13(18-17-12)9-6-8(3)4-5-10(9)14/h4-7,11H,15H2,1-3H3. The van der Waals surface area contributed by atoms with Crippen molar-refractivity contribution in [1.82, 2.24) is 10.1 Å². The second-order valence-corrected chi connectivity index (χ2v) is 5.57. The summed E-state index contributed by atoms with van der Waals surface area (Å²) >= 11 is 3.48. The molecule has 4 nitrogen and oxygen atoms in total. The van der Waals surface area contributed by atoms with E-state index in [1.807, 2.05) is 39.0 Å². The van der Waals surface area contributed by atoms with Gasteiger partial charge in [0.2, 0.25) is 0 Å². The van der Waals surface area contributed by atoms with E-state index in [4.69, 9.17) is 10.3 Å². The highest BCUT2D eigenvalue weighted by atomic mass is 79.9. The minimum Gasteiger partial charge on any atom is -0.334 e. The molecule has 1 heterocycles. The quantitative estimate of drug-likeness (QED) is 0.943. The van der Waals surface area contributed by atoms with Gasteiger partial charge >= 0.3 is 0 Å². The van der Waals surface area contributed by atoms with Crippen LogP contribution in [0.5, 0.6) is 0 Å². The van der Waals surface area contributed by atoms with Gasteiger partial charge in [-0.25, -0.2) is 0 Å². The second kappa shape index (κ2) is 5.20. The molecule has 1 aromatic heterocycles. The third-order valence-electron chi connectivity index (χ3n) is 2.81. The van der Waals surface area contributed by atoms with Crippen LogP contribution < -0.4 is 5.73 Å². The molecule has 18 heavy (non-hydrogen) atoms. The smallest absolute Gasteiger partial charge is 0.259 e. The summed E-state index contributed by atoms with van der Waals surface area (Å²) < 4.78 is 6.22. The first-order valence-electron chi connectivity index (χ1n) is 5.84. The molecule has 0 aliphatic carbocycles. The lowest BCUT2D eigenvalue weighted by Crippen LogP contribution is -2.18. The van der Waals surface area contributed by atoms with E-state index in [1.165, 1.54) is 0 Å². The normalized spacial score (nSPS) is 13.0. The van der Waals surface area contributed by atoms with Gasteiger partial charge in [-0.1, -0.05) is 30.6 Å². The zero-order chi connectivity index (χ0) is 13.3. The minimum absolute atomic E-state index is 0.203. The van der Waals surface area contributed by atoms with E-state index in [0.29, 0.717) is 11.7 Å². The van der Waals surface area contributed by atoms with Gasteiger partial charge in [-0.05, 0) is 40.9 Å². The van der Waals surface area contributed by atoms with E-state index in [0.717, 1.165) is 15.6 Å². The van der Waals surface area contributed by atoms with Gasteiger partial charge in [0.05, 0.1) is 11.6 Å². The Kier molecular flexibility index (Phi) is 3.82. The average Bonchev–Trinajstić information content (AvgIpc) is 2.80. The van der Waals surface area contributed by atoms with Crippen molar-refractivity contribution in [1.29, 1.82) is 0 Å². The van der Waals surface area contributed by atoms with Crippen molar-refractivity contribution >= 4 is 15.9 Å². The number of hydrogen-bond acceptors (Lipinski definition) is 4. The third kappa shape index (κ3) is 2.62. The van der Waals surface area contributed by atoms with Gasteiger partial charge in [0.25, 0.3) is 5.89 Å². The summed E-state index contributed by atoms with van der Waals surface area (Å²) in [5, 5.41) is 3.95. The lowest BCUT2D eigenvalue weighted by Gasteiger charge is -2.09. The molecule has 0 saturated carbocycles. The predicted molar refractivity (Wildman–Crippen MR) is 73.9 cm³/mol. The van der Waals surface area contributed by atoms with Crippen molar-refractivity contribution < 1.29 is 4.52 Å². The van der Waals surface area contributed by atoms with Crippen LogP contribution in [0.1, 0.15) is 31.3 Å². The van der Waals surface area contributed by atoms with E-state index in [-0.39, 0.29) is 12.0 Å². The number of halogens is 1. The van der Waals surface area contributed by atoms with Gasteiger partial charge in [-0.15, -0.1) is 0 Å². The van der Waals surface area contributed by atoms with E-state index in [2.05, 4.69) is 26.1 Å².